The Kier molecular flexibility index (Phi) is 5.47. The number of anilines is 1. The molecular formula is C15H25N9S. The quantitative estimate of drug-likeness (QED) is 0.623. The molecule has 0 unspecified atom stereocenters. The van der Waals surface area contributed by atoms with Crippen molar-refractivity contribution in [1.29, 1.82) is 0 Å². The summed E-state index contributed by atoms with van der Waals surface area (Å²) >= 11 is 1.49. The molecule has 9 nitrogen and oxygen atoms in total. The first-order valence-corrected chi connectivity index (χ1v) is 9.27. The number of nitrogens with one attached hydrogen (secondary N) is 1. The molecule has 0 radical (unpaired) electrons. The van der Waals surface area contributed by atoms with Crippen LogP contribution in [-0.2, 0) is 20.0 Å². The van der Waals surface area contributed by atoms with Crippen molar-refractivity contribution in [1.82, 2.24) is 34.3 Å². The van der Waals surface area contributed by atoms with Crippen molar-refractivity contribution >= 4 is 22.6 Å². The summed E-state index contributed by atoms with van der Waals surface area (Å²) in [5, 5.41) is 12.7. The molecule has 2 aromatic rings. The first-order chi connectivity index (χ1) is 12.1. The highest BCUT2D eigenvalue weighted by atomic mass is 32.1. The van der Waals surface area contributed by atoms with Crippen LogP contribution in [0.3, 0.4) is 0 Å². The first kappa shape index (κ1) is 17.6. The van der Waals surface area contributed by atoms with Crippen LogP contribution in [0.5, 0.6) is 0 Å². The normalized spacial score (nSPS) is 15.8. The molecule has 3 rings (SSSR count). The molecule has 10 heteroatoms. The maximum absolute atomic E-state index is 4.58. The number of hydrogen-bond acceptors (Lipinski definition) is 7. The molecule has 0 amide bonds. The van der Waals surface area contributed by atoms with Crippen molar-refractivity contribution in [2.24, 2.45) is 12.0 Å². The van der Waals surface area contributed by atoms with Gasteiger partial charge in [0.1, 0.15) is 11.6 Å². The van der Waals surface area contributed by atoms with Gasteiger partial charge in [0, 0.05) is 58.2 Å². The summed E-state index contributed by atoms with van der Waals surface area (Å²) in [7, 11) is 3.79. The van der Waals surface area contributed by atoms with Gasteiger partial charge in [0.2, 0.25) is 5.13 Å². The summed E-state index contributed by atoms with van der Waals surface area (Å²) in [5.41, 5.74) is 0. The standard InChI is InChI=1S/C15H25N9S/c1-5-12-18-15(25-21-12)24-8-6-23(7-9-24)14(16-3)17-10-13-20-19-11(2)22(13)4/h5-10H2,1-4H3,(H,16,17). The molecule has 0 bridgehead atoms. The van der Waals surface area contributed by atoms with Crippen molar-refractivity contribution in [3.63, 3.8) is 0 Å². The van der Waals surface area contributed by atoms with Crippen molar-refractivity contribution in [2.75, 3.05) is 38.1 Å². The Bertz CT molecular complexity index is 727. The summed E-state index contributed by atoms with van der Waals surface area (Å²) in [5.74, 6) is 3.63. The molecule has 1 N–H and O–H groups in total. The zero-order valence-corrected chi connectivity index (χ0v) is 16.0. The number of aryl methyl sites for hydroxylation is 2. The Balaban J connectivity index is 1.54. The SMILES string of the molecule is CCc1nsc(N2CCN(C(=NC)NCc3nnc(C)n3C)CC2)n1. The van der Waals surface area contributed by atoms with E-state index in [-0.39, 0.29) is 0 Å². The van der Waals surface area contributed by atoms with Gasteiger partial charge in [-0.2, -0.15) is 4.37 Å². The number of aromatic nitrogens is 5. The van der Waals surface area contributed by atoms with Crippen LogP contribution < -0.4 is 10.2 Å². The third-order valence-corrected chi connectivity index (χ3v) is 5.24. The van der Waals surface area contributed by atoms with E-state index in [1.54, 1.807) is 0 Å². The third kappa shape index (κ3) is 3.89. The summed E-state index contributed by atoms with van der Waals surface area (Å²) in [6.07, 6.45) is 0.883. The van der Waals surface area contributed by atoms with E-state index in [2.05, 4.69) is 46.6 Å². The van der Waals surface area contributed by atoms with Crippen LogP contribution >= 0.6 is 11.5 Å². The van der Waals surface area contributed by atoms with Gasteiger partial charge in [-0.25, -0.2) is 4.98 Å². The van der Waals surface area contributed by atoms with E-state index in [0.29, 0.717) is 6.54 Å². The van der Waals surface area contributed by atoms with Gasteiger partial charge in [0.25, 0.3) is 0 Å². The van der Waals surface area contributed by atoms with Crippen molar-refractivity contribution < 1.29 is 0 Å². The van der Waals surface area contributed by atoms with Crippen LogP contribution in [-0.4, -0.2) is 68.2 Å². The van der Waals surface area contributed by atoms with Crippen molar-refractivity contribution in [3.8, 4) is 0 Å². The van der Waals surface area contributed by atoms with Crippen molar-refractivity contribution in [3.05, 3.63) is 17.5 Å². The van der Waals surface area contributed by atoms with E-state index in [0.717, 1.165) is 61.2 Å². The van der Waals surface area contributed by atoms with Crippen LogP contribution in [0.25, 0.3) is 0 Å². The first-order valence-electron chi connectivity index (χ1n) is 8.50. The molecule has 1 aliphatic heterocycles. The Hall–Kier alpha value is -2.23. The summed E-state index contributed by atoms with van der Waals surface area (Å²) < 4.78 is 6.36. The van der Waals surface area contributed by atoms with E-state index in [1.165, 1.54) is 11.5 Å². The van der Waals surface area contributed by atoms with Crippen molar-refractivity contribution in [2.45, 2.75) is 26.8 Å². The maximum atomic E-state index is 4.58. The predicted molar refractivity (Wildman–Crippen MR) is 99.0 cm³/mol. The molecule has 0 aliphatic carbocycles. The van der Waals surface area contributed by atoms with E-state index < -0.39 is 0 Å². The van der Waals surface area contributed by atoms with E-state index >= 15 is 0 Å². The number of nitrogens with zero attached hydrogens (tertiary/aromatic N) is 8. The third-order valence-electron chi connectivity index (χ3n) is 4.42. The fourth-order valence-electron chi connectivity index (χ4n) is 2.72. The molecule has 2 aromatic heterocycles. The smallest absolute Gasteiger partial charge is 0.205 e. The lowest BCUT2D eigenvalue weighted by Crippen LogP contribution is -2.52. The van der Waals surface area contributed by atoms with Gasteiger partial charge in [-0.1, -0.05) is 6.92 Å². The summed E-state index contributed by atoms with van der Waals surface area (Å²) in [6.45, 7) is 8.28. The number of piperazine rings is 1. The number of guanidine groups is 1. The molecule has 0 aromatic carbocycles. The van der Waals surface area contributed by atoms with Gasteiger partial charge in [-0.05, 0) is 6.92 Å². The summed E-state index contributed by atoms with van der Waals surface area (Å²) in [6, 6.07) is 0. The van der Waals surface area contributed by atoms with E-state index in [1.807, 2.05) is 25.6 Å². The minimum atomic E-state index is 0.612. The van der Waals surface area contributed by atoms with Gasteiger partial charge >= 0.3 is 0 Å². The molecule has 1 saturated heterocycles. The fourth-order valence-corrected chi connectivity index (χ4v) is 3.52. The number of hydrogen-bond donors (Lipinski definition) is 1. The highest BCUT2D eigenvalue weighted by molar-refractivity contribution is 7.09. The van der Waals surface area contributed by atoms with E-state index in [9.17, 15) is 0 Å². The Morgan fingerprint density at radius 2 is 2.00 bits per heavy atom. The van der Waals surface area contributed by atoms with E-state index in [4.69, 9.17) is 0 Å². The molecule has 3 heterocycles. The zero-order chi connectivity index (χ0) is 17.8. The lowest BCUT2D eigenvalue weighted by molar-refractivity contribution is 0.371. The van der Waals surface area contributed by atoms with Crippen LogP contribution in [0.4, 0.5) is 5.13 Å². The van der Waals surface area contributed by atoms with Crippen LogP contribution in [0.1, 0.15) is 24.4 Å². The molecule has 25 heavy (non-hydrogen) atoms. The van der Waals surface area contributed by atoms with Crippen LogP contribution in [0.2, 0.25) is 0 Å². The summed E-state index contributed by atoms with van der Waals surface area (Å²) in [4.78, 5) is 13.6. The van der Waals surface area contributed by atoms with Gasteiger partial charge in [0.15, 0.2) is 11.8 Å². The Morgan fingerprint density at radius 3 is 2.56 bits per heavy atom. The molecule has 0 saturated carbocycles. The van der Waals surface area contributed by atoms with Crippen LogP contribution in [0.15, 0.2) is 4.99 Å². The lowest BCUT2D eigenvalue weighted by Gasteiger charge is -2.36. The van der Waals surface area contributed by atoms with Gasteiger partial charge in [-0.3, -0.25) is 4.99 Å². The largest absolute Gasteiger partial charge is 0.349 e. The fraction of sp³-hybridized carbons (Fsp3) is 0.667. The minimum Gasteiger partial charge on any atom is -0.349 e. The number of aliphatic imine (C=N–C) groups is 1. The highest BCUT2D eigenvalue weighted by Gasteiger charge is 2.22. The molecule has 1 aliphatic rings. The predicted octanol–water partition coefficient (Wildman–Crippen LogP) is 0.435. The molecule has 0 atom stereocenters. The number of rotatable bonds is 4. The Labute approximate surface area is 152 Å². The van der Waals surface area contributed by atoms with Gasteiger partial charge in [-0.15, -0.1) is 10.2 Å². The highest BCUT2D eigenvalue weighted by Crippen LogP contribution is 2.19. The van der Waals surface area contributed by atoms with Gasteiger partial charge < -0.3 is 19.7 Å². The topological polar surface area (TPSA) is 87.4 Å². The second-order valence-corrected chi connectivity index (χ2v) is 6.67. The average molecular weight is 363 g/mol. The minimum absolute atomic E-state index is 0.612. The zero-order valence-electron chi connectivity index (χ0n) is 15.2. The lowest BCUT2D eigenvalue weighted by atomic mass is 10.3. The maximum Gasteiger partial charge on any atom is 0.205 e. The molecule has 0 spiro atoms. The average Bonchev–Trinajstić information content (AvgIpc) is 3.24. The molecule has 1 fully saturated rings. The van der Waals surface area contributed by atoms with Gasteiger partial charge in [0.05, 0.1) is 6.54 Å². The monoisotopic (exact) mass is 363 g/mol. The second-order valence-electron chi connectivity index (χ2n) is 5.94. The Morgan fingerprint density at radius 1 is 1.24 bits per heavy atom. The molecule has 136 valence electrons. The second kappa shape index (κ2) is 7.77. The molecular weight excluding hydrogens is 338 g/mol. The van der Waals surface area contributed by atoms with Crippen LogP contribution in [0, 0.1) is 6.92 Å².